The van der Waals surface area contributed by atoms with E-state index in [9.17, 15) is 9.90 Å². The smallest absolute Gasteiger partial charge is 0.219 e. The number of benzene rings is 3. The number of hydrogen-bond acceptors (Lipinski definition) is 3. The van der Waals surface area contributed by atoms with E-state index in [0.29, 0.717) is 13.0 Å². The quantitative estimate of drug-likeness (QED) is 0.674. The summed E-state index contributed by atoms with van der Waals surface area (Å²) in [5.41, 5.74) is 8.27. The van der Waals surface area contributed by atoms with Crippen LogP contribution in [-0.2, 0) is 11.3 Å². The topological polar surface area (TPSA) is 66.6 Å². The van der Waals surface area contributed by atoms with Crippen LogP contribution in [0.3, 0.4) is 0 Å². The van der Waals surface area contributed by atoms with Gasteiger partial charge in [-0.15, -0.1) is 0 Å². The molecule has 0 aliphatic carbocycles. The summed E-state index contributed by atoms with van der Waals surface area (Å²) in [7, 11) is 0. The fourth-order valence-corrected chi connectivity index (χ4v) is 3.40. The number of aliphatic hydroxyl groups is 1. The third kappa shape index (κ3) is 4.94. The molecular formula is C23H26N2O2. The van der Waals surface area contributed by atoms with Gasteiger partial charge in [0.1, 0.15) is 0 Å². The first-order chi connectivity index (χ1) is 13.0. The third-order valence-electron chi connectivity index (χ3n) is 4.87. The Labute approximate surface area is 160 Å². The SMILES string of the molecule is CC(=O)N(Cc1cccc2ccccc12)CC(O)CC(N)c1ccccc1. The predicted octanol–water partition coefficient (Wildman–Crippen LogP) is 3.64. The number of hydrogen-bond donors (Lipinski definition) is 2. The summed E-state index contributed by atoms with van der Waals surface area (Å²) in [6.45, 7) is 2.27. The Morgan fingerprint density at radius 1 is 1.00 bits per heavy atom. The van der Waals surface area contributed by atoms with E-state index in [0.717, 1.165) is 21.9 Å². The Hall–Kier alpha value is -2.69. The largest absolute Gasteiger partial charge is 0.391 e. The van der Waals surface area contributed by atoms with Gasteiger partial charge in [0, 0.05) is 26.1 Å². The molecular weight excluding hydrogens is 336 g/mol. The van der Waals surface area contributed by atoms with Gasteiger partial charge in [-0.2, -0.15) is 0 Å². The molecule has 3 aromatic rings. The van der Waals surface area contributed by atoms with E-state index in [4.69, 9.17) is 5.73 Å². The minimum atomic E-state index is -0.681. The fourth-order valence-electron chi connectivity index (χ4n) is 3.40. The standard InChI is InChI=1S/C23H26N2O2/c1-17(26)25(15-20-12-7-11-18-8-5-6-13-22(18)20)16-21(27)14-23(24)19-9-3-2-4-10-19/h2-13,21,23,27H,14-16,24H2,1H3. The van der Waals surface area contributed by atoms with Crippen LogP contribution in [0.15, 0.2) is 72.8 Å². The Bertz CT molecular complexity index is 890. The second-order valence-corrected chi connectivity index (χ2v) is 6.94. The summed E-state index contributed by atoms with van der Waals surface area (Å²) >= 11 is 0. The molecule has 0 heterocycles. The van der Waals surface area contributed by atoms with E-state index < -0.39 is 6.10 Å². The Kier molecular flexibility index (Phi) is 6.22. The maximum absolute atomic E-state index is 12.2. The van der Waals surface area contributed by atoms with Crippen LogP contribution in [0.2, 0.25) is 0 Å². The first-order valence-corrected chi connectivity index (χ1v) is 9.25. The summed E-state index contributed by atoms with van der Waals surface area (Å²) in [5.74, 6) is -0.0599. The molecule has 0 fully saturated rings. The number of rotatable bonds is 7. The fraction of sp³-hybridized carbons (Fsp3) is 0.261. The van der Waals surface area contributed by atoms with Crippen LogP contribution in [0.1, 0.15) is 30.5 Å². The molecule has 0 spiro atoms. The molecule has 0 bridgehead atoms. The number of nitrogens with two attached hydrogens (primary N) is 1. The first kappa shape index (κ1) is 19.1. The number of amides is 1. The van der Waals surface area contributed by atoms with Crippen molar-refractivity contribution < 1.29 is 9.90 Å². The summed E-state index contributed by atoms with van der Waals surface area (Å²) < 4.78 is 0. The maximum atomic E-state index is 12.2. The zero-order valence-electron chi connectivity index (χ0n) is 15.6. The van der Waals surface area contributed by atoms with Crippen LogP contribution >= 0.6 is 0 Å². The van der Waals surface area contributed by atoms with Gasteiger partial charge in [0.15, 0.2) is 0 Å². The van der Waals surface area contributed by atoms with Crippen molar-refractivity contribution in [2.45, 2.75) is 32.0 Å². The average molecular weight is 362 g/mol. The van der Waals surface area contributed by atoms with Crippen molar-refractivity contribution in [3.05, 3.63) is 83.9 Å². The molecule has 4 nitrogen and oxygen atoms in total. The van der Waals surface area contributed by atoms with Crippen LogP contribution in [0.4, 0.5) is 0 Å². The zero-order chi connectivity index (χ0) is 19.2. The number of fused-ring (bicyclic) bond motifs is 1. The van der Waals surface area contributed by atoms with E-state index in [1.54, 1.807) is 4.90 Å². The molecule has 4 heteroatoms. The molecule has 0 saturated carbocycles. The van der Waals surface area contributed by atoms with Crippen LogP contribution < -0.4 is 5.73 Å². The minimum Gasteiger partial charge on any atom is -0.391 e. The van der Waals surface area contributed by atoms with Gasteiger partial charge in [0.05, 0.1) is 6.10 Å². The lowest BCUT2D eigenvalue weighted by atomic mass is 10.0. The minimum absolute atomic E-state index is 0.0599. The van der Waals surface area contributed by atoms with Gasteiger partial charge in [0.25, 0.3) is 0 Å². The lowest BCUT2D eigenvalue weighted by molar-refractivity contribution is -0.131. The monoisotopic (exact) mass is 362 g/mol. The predicted molar refractivity (Wildman–Crippen MR) is 109 cm³/mol. The highest BCUT2D eigenvalue weighted by Crippen LogP contribution is 2.21. The second-order valence-electron chi connectivity index (χ2n) is 6.94. The average Bonchev–Trinajstić information content (AvgIpc) is 2.68. The molecule has 2 atom stereocenters. The number of carbonyl (C=O) groups is 1. The van der Waals surface area contributed by atoms with Gasteiger partial charge in [-0.05, 0) is 28.3 Å². The summed E-state index contributed by atoms with van der Waals surface area (Å²) in [6, 6.07) is 23.7. The van der Waals surface area contributed by atoms with Crippen molar-refractivity contribution in [2.24, 2.45) is 5.73 Å². The molecule has 3 aromatic carbocycles. The number of carbonyl (C=O) groups excluding carboxylic acids is 1. The van der Waals surface area contributed by atoms with Gasteiger partial charge in [-0.3, -0.25) is 4.79 Å². The van der Waals surface area contributed by atoms with Gasteiger partial charge in [-0.1, -0.05) is 72.8 Å². The third-order valence-corrected chi connectivity index (χ3v) is 4.87. The van der Waals surface area contributed by atoms with Crippen molar-refractivity contribution in [1.29, 1.82) is 0 Å². The lowest BCUT2D eigenvalue weighted by Gasteiger charge is -2.26. The zero-order valence-corrected chi connectivity index (χ0v) is 15.6. The van der Waals surface area contributed by atoms with Crippen LogP contribution in [-0.4, -0.2) is 28.6 Å². The molecule has 3 rings (SSSR count). The van der Waals surface area contributed by atoms with Gasteiger partial charge >= 0.3 is 0 Å². The first-order valence-electron chi connectivity index (χ1n) is 9.25. The van der Waals surface area contributed by atoms with E-state index in [2.05, 4.69) is 18.2 Å². The van der Waals surface area contributed by atoms with Crippen LogP contribution in [0.25, 0.3) is 10.8 Å². The van der Waals surface area contributed by atoms with Crippen molar-refractivity contribution in [3.8, 4) is 0 Å². The Morgan fingerprint density at radius 3 is 2.41 bits per heavy atom. The molecule has 140 valence electrons. The number of aliphatic hydroxyl groups excluding tert-OH is 1. The van der Waals surface area contributed by atoms with Crippen molar-refractivity contribution in [2.75, 3.05) is 6.54 Å². The molecule has 0 aromatic heterocycles. The van der Waals surface area contributed by atoms with Crippen LogP contribution in [0, 0.1) is 0 Å². The highest BCUT2D eigenvalue weighted by Gasteiger charge is 2.19. The number of nitrogens with zero attached hydrogens (tertiary/aromatic N) is 1. The molecule has 1 amide bonds. The van der Waals surface area contributed by atoms with Crippen molar-refractivity contribution in [1.82, 2.24) is 4.90 Å². The Morgan fingerprint density at radius 2 is 1.67 bits per heavy atom. The molecule has 0 saturated heterocycles. The maximum Gasteiger partial charge on any atom is 0.219 e. The van der Waals surface area contributed by atoms with Gasteiger partial charge in [-0.25, -0.2) is 0 Å². The highest BCUT2D eigenvalue weighted by atomic mass is 16.3. The summed E-state index contributed by atoms with van der Waals surface area (Å²) in [4.78, 5) is 13.8. The van der Waals surface area contributed by atoms with Gasteiger partial charge < -0.3 is 15.7 Å². The van der Waals surface area contributed by atoms with Crippen molar-refractivity contribution >= 4 is 16.7 Å². The lowest BCUT2D eigenvalue weighted by Crippen LogP contribution is -2.37. The van der Waals surface area contributed by atoms with E-state index >= 15 is 0 Å². The molecule has 0 radical (unpaired) electrons. The second kappa shape index (κ2) is 8.80. The Balaban J connectivity index is 1.69. The van der Waals surface area contributed by atoms with E-state index in [1.807, 2.05) is 54.6 Å². The normalized spacial score (nSPS) is 13.3. The molecule has 2 unspecified atom stereocenters. The molecule has 27 heavy (non-hydrogen) atoms. The molecule has 0 aliphatic heterocycles. The highest BCUT2D eigenvalue weighted by molar-refractivity contribution is 5.86. The summed E-state index contributed by atoms with van der Waals surface area (Å²) in [6.07, 6.45) is -0.275. The molecule has 3 N–H and O–H groups in total. The van der Waals surface area contributed by atoms with Gasteiger partial charge in [0.2, 0.25) is 5.91 Å². The summed E-state index contributed by atoms with van der Waals surface area (Å²) in [5, 5.41) is 12.8. The van der Waals surface area contributed by atoms with E-state index in [1.165, 1.54) is 6.92 Å². The molecule has 0 aliphatic rings. The van der Waals surface area contributed by atoms with E-state index in [-0.39, 0.29) is 18.5 Å². The van der Waals surface area contributed by atoms with Crippen LogP contribution in [0.5, 0.6) is 0 Å². The van der Waals surface area contributed by atoms with Crippen molar-refractivity contribution in [3.63, 3.8) is 0 Å².